The molecule has 1 fully saturated rings. The number of morpholine rings is 1. The fourth-order valence-electron chi connectivity index (χ4n) is 2.86. The summed E-state index contributed by atoms with van der Waals surface area (Å²) in [5.74, 6) is 0. The van der Waals surface area contributed by atoms with Crippen LogP contribution in [0.4, 0.5) is 0 Å². The Morgan fingerprint density at radius 1 is 1.42 bits per heavy atom. The van der Waals surface area contributed by atoms with E-state index < -0.39 is 0 Å². The van der Waals surface area contributed by atoms with Gasteiger partial charge in [0.05, 0.1) is 19.3 Å². The fraction of sp³-hybridized carbons (Fsp3) is 0.600. The van der Waals surface area contributed by atoms with E-state index in [0.29, 0.717) is 11.3 Å². The molecule has 1 N–H and O–H groups in total. The molecule has 1 saturated heterocycles. The van der Waals surface area contributed by atoms with E-state index in [1.54, 1.807) is 0 Å². The molecule has 2 heterocycles. The summed E-state index contributed by atoms with van der Waals surface area (Å²) >= 11 is 2.00. The normalized spacial score (nSPS) is 31.4. The van der Waals surface area contributed by atoms with Crippen LogP contribution < -0.4 is 0 Å². The molecule has 4 heteroatoms. The second-order valence-corrected chi connectivity index (χ2v) is 6.83. The summed E-state index contributed by atoms with van der Waals surface area (Å²) in [6, 6.07) is 9.15. The number of benzene rings is 1. The molecule has 3 nitrogen and oxygen atoms in total. The minimum absolute atomic E-state index is 0.00928. The minimum atomic E-state index is -0.00928. The summed E-state index contributed by atoms with van der Waals surface area (Å²) in [6.45, 7) is 5.00. The van der Waals surface area contributed by atoms with E-state index in [2.05, 4.69) is 36.1 Å². The number of aliphatic hydroxyl groups excluding tert-OH is 1. The molecule has 104 valence electrons. The molecule has 1 aromatic carbocycles. The lowest BCUT2D eigenvalue weighted by Crippen LogP contribution is -2.51. The van der Waals surface area contributed by atoms with E-state index in [9.17, 15) is 5.11 Å². The van der Waals surface area contributed by atoms with Gasteiger partial charge in [-0.05, 0) is 25.0 Å². The third-order valence-corrected chi connectivity index (χ3v) is 5.29. The van der Waals surface area contributed by atoms with Gasteiger partial charge in [0.2, 0.25) is 0 Å². The summed E-state index contributed by atoms with van der Waals surface area (Å²) in [5.41, 5.74) is 1.48. The number of aliphatic hydroxyl groups is 1. The largest absolute Gasteiger partial charge is 0.394 e. The van der Waals surface area contributed by atoms with Gasteiger partial charge in [0.25, 0.3) is 0 Å². The van der Waals surface area contributed by atoms with Crippen LogP contribution in [0.25, 0.3) is 0 Å². The van der Waals surface area contributed by atoms with Crippen molar-refractivity contribution in [1.29, 1.82) is 0 Å². The zero-order valence-electron chi connectivity index (χ0n) is 11.3. The van der Waals surface area contributed by atoms with Gasteiger partial charge >= 0.3 is 0 Å². The first-order valence-electron chi connectivity index (χ1n) is 6.97. The summed E-state index contributed by atoms with van der Waals surface area (Å²) in [7, 11) is 0. The fourth-order valence-corrected chi connectivity index (χ4v) is 4.21. The van der Waals surface area contributed by atoms with Gasteiger partial charge in [-0.15, -0.1) is 11.8 Å². The SMILES string of the molecule is CC1COC(CO)CN1CC1Cc2ccccc2S1. The van der Waals surface area contributed by atoms with Crippen molar-refractivity contribution >= 4 is 11.8 Å². The maximum absolute atomic E-state index is 9.24. The van der Waals surface area contributed by atoms with Gasteiger partial charge in [0, 0.05) is 29.3 Å². The number of hydrogen-bond acceptors (Lipinski definition) is 4. The zero-order chi connectivity index (χ0) is 13.2. The number of rotatable bonds is 3. The summed E-state index contributed by atoms with van der Waals surface area (Å²) < 4.78 is 5.60. The average Bonchev–Trinajstić information content (AvgIpc) is 2.83. The lowest BCUT2D eigenvalue weighted by molar-refractivity contribution is -0.0773. The number of thioether (sulfide) groups is 1. The Bertz CT molecular complexity index is 415. The van der Waals surface area contributed by atoms with Crippen molar-refractivity contribution in [2.45, 2.75) is 35.6 Å². The highest BCUT2D eigenvalue weighted by Gasteiger charge is 2.30. The molecule has 2 aliphatic rings. The van der Waals surface area contributed by atoms with E-state index in [-0.39, 0.29) is 12.7 Å². The molecule has 0 aromatic heterocycles. The number of nitrogens with zero attached hydrogens (tertiary/aromatic N) is 1. The van der Waals surface area contributed by atoms with Crippen molar-refractivity contribution in [3.63, 3.8) is 0 Å². The molecule has 0 amide bonds. The van der Waals surface area contributed by atoms with E-state index in [1.165, 1.54) is 10.5 Å². The summed E-state index contributed by atoms with van der Waals surface area (Å²) in [4.78, 5) is 3.90. The first kappa shape index (κ1) is 13.4. The van der Waals surface area contributed by atoms with Crippen LogP contribution in [-0.2, 0) is 11.2 Å². The minimum Gasteiger partial charge on any atom is -0.394 e. The number of ether oxygens (including phenoxy) is 1. The highest BCUT2D eigenvalue weighted by Crippen LogP contribution is 2.37. The molecule has 0 saturated carbocycles. The van der Waals surface area contributed by atoms with Crippen LogP contribution in [0.5, 0.6) is 0 Å². The second-order valence-electron chi connectivity index (χ2n) is 5.49. The van der Waals surface area contributed by atoms with Crippen LogP contribution in [0.2, 0.25) is 0 Å². The molecule has 0 bridgehead atoms. The molecule has 3 rings (SSSR count). The molecule has 3 unspecified atom stereocenters. The highest BCUT2D eigenvalue weighted by atomic mass is 32.2. The maximum Gasteiger partial charge on any atom is 0.0933 e. The van der Waals surface area contributed by atoms with Crippen LogP contribution in [0.3, 0.4) is 0 Å². The van der Waals surface area contributed by atoms with Crippen LogP contribution in [-0.4, -0.2) is 53.7 Å². The van der Waals surface area contributed by atoms with Crippen molar-refractivity contribution in [3.8, 4) is 0 Å². The van der Waals surface area contributed by atoms with Gasteiger partial charge < -0.3 is 9.84 Å². The van der Waals surface area contributed by atoms with Crippen molar-refractivity contribution in [1.82, 2.24) is 4.90 Å². The molecule has 1 aromatic rings. The predicted molar refractivity (Wildman–Crippen MR) is 77.7 cm³/mol. The Kier molecular flexibility index (Phi) is 4.12. The Balaban J connectivity index is 1.60. The third-order valence-electron chi connectivity index (χ3n) is 3.99. The van der Waals surface area contributed by atoms with E-state index in [4.69, 9.17) is 4.74 Å². The van der Waals surface area contributed by atoms with Gasteiger partial charge in [0.1, 0.15) is 0 Å². The topological polar surface area (TPSA) is 32.7 Å². The molecular weight excluding hydrogens is 258 g/mol. The average molecular weight is 279 g/mol. The zero-order valence-corrected chi connectivity index (χ0v) is 12.1. The van der Waals surface area contributed by atoms with Crippen molar-refractivity contribution in [3.05, 3.63) is 29.8 Å². The molecular formula is C15H21NO2S. The molecule has 3 atom stereocenters. The smallest absolute Gasteiger partial charge is 0.0933 e. The van der Waals surface area contributed by atoms with Crippen LogP contribution >= 0.6 is 11.8 Å². The first-order chi connectivity index (χ1) is 9.26. The second kappa shape index (κ2) is 5.83. The van der Waals surface area contributed by atoms with Gasteiger partial charge in [-0.3, -0.25) is 4.90 Å². The van der Waals surface area contributed by atoms with Crippen molar-refractivity contribution in [2.75, 3.05) is 26.3 Å². The molecule has 2 aliphatic heterocycles. The van der Waals surface area contributed by atoms with Gasteiger partial charge in [-0.2, -0.15) is 0 Å². The van der Waals surface area contributed by atoms with Crippen LogP contribution in [0.1, 0.15) is 12.5 Å². The quantitative estimate of drug-likeness (QED) is 0.914. The molecule has 0 spiro atoms. The van der Waals surface area contributed by atoms with Gasteiger partial charge in [-0.25, -0.2) is 0 Å². The van der Waals surface area contributed by atoms with Gasteiger partial charge in [-0.1, -0.05) is 18.2 Å². The Morgan fingerprint density at radius 3 is 3.05 bits per heavy atom. The monoisotopic (exact) mass is 279 g/mol. The number of hydrogen-bond donors (Lipinski definition) is 1. The molecule has 0 radical (unpaired) electrons. The third kappa shape index (κ3) is 2.97. The van der Waals surface area contributed by atoms with Crippen LogP contribution in [0, 0.1) is 0 Å². The van der Waals surface area contributed by atoms with E-state index >= 15 is 0 Å². The Morgan fingerprint density at radius 2 is 2.26 bits per heavy atom. The Labute approximate surface area is 118 Å². The van der Waals surface area contributed by atoms with Gasteiger partial charge in [0.15, 0.2) is 0 Å². The summed E-state index contributed by atoms with van der Waals surface area (Å²) in [5, 5.41) is 9.88. The van der Waals surface area contributed by atoms with E-state index in [1.807, 2.05) is 11.8 Å². The lowest BCUT2D eigenvalue weighted by atomic mass is 10.1. The number of fused-ring (bicyclic) bond motifs is 1. The lowest BCUT2D eigenvalue weighted by Gasteiger charge is -2.38. The molecule has 19 heavy (non-hydrogen) atoms. The van der Waals surface area contributed by atoms with E-state index in [0.717, 1.165) is 26.1 Å². The predicted octanol–water partition coefficient (Wildman–Crippen LogP) is 1.78. The van der Waals surface area contributed by atoms with Crippen molar-refractivity contribution in [2.24, 2.45) is 0 Å². The Hall–Kier alpha value is -0.550. The first-order valence-corrected chi connectivity index (χ1v) is 7.85. The standard InChI is InChI=1S/C15H21NO2S/c1-11-10-18-13(9-17)7-16(11)8-14-6-12-4-2-3-5-15(12)19-14/h2-5,11,13-14,17H,6-10H2,1H3. The van der Waals surface area contributed by atoms with Crippen molar-refractivity contribution < 1.29 is 9.84 Å². The molecule has 0 aliphatic carbocycles. The van der Waals surface area contributed by atoms with Crippen LogP contribution in [0.15, 0.2) is 29.2 Å². The summed E-state index contributed by atoms with van der Waals surface area (Å²) in [6.07, 6.45) is 1.15. The highest BCUT2D eigenvalue weighted by molar-refractivity contribution is 8.00. The maximum atomic E-state index is 9.24.